The monoisotopic (exact) mass is 477 g/mol. The zero-order valence-electron chi connectivity index (χ0n) is 19.6. The maximum Gasteiger partial charge on any atom is 0.241 e. The number of fused-ring (bicyclic) bond motifs is 2. The molecule has 0 radical (unpaired) electrons. The van der Waals surface area contributed by atoms with Gasteiger partial charge in [0.25, 0.3) is 0 Å². The van der Waals surface area contributed by atoms with Crippen molar-refractivity contribution >= 4 is 43.5 Å². The molecule has 0 unspecified atom stereocenters. The minimum absolute atomic E-state index is 0.225. The number of benzene rings is 3. The van der Waals surface area contributed by atoms with Crippen molar-refractivity contribution in [2.45, 2.75) is 50.0 Å². The molecule has 4 rings (SSSR count). The highest BCUT2D eigenvalue weighted by Crippen LogP contribution is 2.24. The third kappa shape index (κ3) is 5.63. The Hall–Kier alpha value is -3.23. The summed E-state index contributed by atoms with van der Waals surface area (Å²) in [6.07, 6.45) is 3.50. The van der Waals surface area contributed by atoms with E-state index in [1.54, 1.807) is 12.1 Å². The summed E-state index contributed by atoms with van der Waals surface area (Å²) >= 11 is 0. The van der Waals surface area contributed by atoms with E-state index in [1.165, 1.54) is 0 Å². The fourth-order valence-electron chi connectivity index (χ4n) is 4.11. The molecule has 0 saturated carbocycles. The molecule has 0 aliphatic heterocycles. The van der Waals surface area contributed by atoms with E-state index in [2.05, 4.69) is 33.9 Å². The second kappa shape index (κ2) is 9.95. The van der Waals surface area contributed by atoms with Crippen LogP contribution in [0.1, 0.15) is 39.5 Å². The standard InChI is InChI=1S/C26H31N5O2S/c1-26(2,31-25-29-22-15-7-6-14-21(22)24(27)30-25)17-8-3-9-18-28-34(32,33)23-16-10-12-19-11-4-5-13-20(19)23/h4-7,10-16,28H,3,8-9,17-18H2,1-2H3,(H3,27,29,30,31). The number of unbranched alkanes of at least 4 members (excludes halogenated alkanes) is 2. The number of nitrogens with zero attached hydrogens (tertiary/aromatic N) is 2. The summed E-state index contributed by atoms with van der Waals surface area (Å²) in [6.45, 7) is 4.61. The predicted molar refractivity (Wildman–Crippen MR) is 139 cm³/mol. The topological polar surface area (TPSA) is 110 Å². The lowest BCUT2D eigenvalue weighted by Gasteiger charge is -2.26. The number of aromatic nitrogens is 2. The van der Waals surface area contributed by atoms with Gasteiger partial charge < -0.3 is 11.1 Å². The molecule has 3 aromatic carbocycles. The lowest BCUT2D eigenvalue weighted by molar-refractivity contribution is 0.475. The molecule has 8 heteroatoms. The van der Waals surface area contributed by atoms with Gasteiger partial charge in [0, 0.05) is 22.9 Å². The Morgan fingerprint density at radius 2 is 1.56 bits per heavy atom. The van der Waals surface area contributed by atoms with E-state index < -0.39 is 10.0 Å². The fourth-order valence-corrected chi connectivity index (χ4v) is 5.41. The van der Waals surface area contributed by atoms with Gasteiger partial charge in [0.15, 0.2) is 0 Å². The average molecular weight is 478 g/mol. The lowest BCUT2D eigenvalue weighted by Crippen LogP contribution is -2.32. The number of nitrogens with two attached hydrogens (primary N) is 1. The van der Waals surface area contributed by atoms with Gasteiger partial charge in [-0.15, -0.1) is 0 Å². The van der Waals surface area contributed by atoms with Crippen LogP contribution < -0.4 is 15.8 Å². The van der Waals surface area contributed by atoms with Crippen LogP contribution in [0.2, 0.25) is 0 Å². The van der Waals surface area contributed by atoms with Crippen LogP contribution in [-0.2, 0) is 10.0 Å². The maximum absolute atomic E-state index is 12.8. The number of hydrogen-bond acceptors (Lipinski definition) is 6. The molecule has 0 spiro atoms. The first-order chi connectivity index (χ1) is 16.3. The third-order valence-electron chi connectivity index (χ3n) is 5.89. The second-order valence-electron chi connectivity index (χ2n) is 9.14. The maximum atomic E-state index is 12.8. The van der Waals surface area contributed by atoms with Gasteiger partial charge in [-0.05, 0) is 50.3 Å². The highest BCUT2D eigenvalue weighted by Gasteiger charge is 2.20. The molecule has 178 valence electrons. The van der Waals surface area contributed by atoms with Crippen molar-refractivity contribution in [1.29, 1.82) is 0 Å². The molecule has 1 heterocycles. The number of nitrogens with one attached hydrogen (secondary N) is 2. The zero-order chi connectivity index (χ0) is 24.2. The highest BCUT2D eigenvalue weighted by molar-refractivity contribution is 7.89. The Balaban J connectivity index is 1.26. The van der Waals surface area contributed by atoms with Crippen LogP contribution in [0.4, 0.5) is 11.8 Å². The number of para-hydroxylation sites is 1. The Bertz CT molecular complexity index is 1400. The van der Waals surface area contributed by atoms with Crippen LogP contribution >= 0.6 is 0 Å². The summed E-state index contributed by atoms with van der Waals surface area (Å²) in [6, 6.07) is 20.5. The molecule has 0 aliphatic carbocycles. The quantitative estimate of drug-likeness (QED) is 0.274. The summed E-state index contributed by atoms with van der Waals surface area (Å²) in [5.74, 6) is 0.978. The number of hydrogen-bond donors (Lipinski definition) is 3. The summed E-state index contributed by atoms with van der Waals surface area (Å²) in [4.78, 5) is 9.30. The fraction of sp³-hybridized carbons (Fsp3) is 0.308. The van der Waals surface area contributed by atoms with E-state index in [4.69, 9.17) is 5.73 Å². The van der Waals surface area contributed by atoms with E-state index >= 15 is 0 Å². The van der Waals surface area contributed by atoms with Gasteiger partial charge >= 0.3 is 0 Å². The van der Waals surface area contributed by atoms with Gasteiger partial charge in [-0.25, -0.2) is 18.1 Å². The Kier molecular flexibility index (Phi) is 7.00. The first-order valence-corrected chi connectivity index (χ1v) is 13.0. The van der Waals surface area contributed by atoms with Gasteiger partial charge in [0.1, 0.15) is 5.82 Å². The Morgan fingerprint density at radius 1 is 0.853 bits per heavy atom. The van der Waals surface area contributed by atoms with Crippen molar-refractivity contribution in [2.24, 2.45) is 0 Å². The number of anilines is 2. The van der Waals surface area contributed by atoms with Crippen LogP contribution in [0.15, 0.2) is 71.6 Å². The normalized spacial score (nSPS) is 12.3. The molecule has 4 aromatic rings. The van der Waals surface area contributed by atoms with Crippen LogP contribution in [-0.4, -0.2) is 30.5 Å². The van der Waals surface area contributed by atoms with Crippen LogP contribution in [0, 0.1) is 0 Å². The molecule has 0 bridgehead atoms. The molecule has 1 aromatic heterocycles. The lowest BCUT2D eigenvalue weighted by atomic mass is 9.97. The van der Waals surface area contributed by atoms with E-state index in [0.717, 1.165) is 47.4 Å². The molecule has 0 fully saturated rings. The zero-order valence-corrected chi connectivity index (χ0v) is 20.4. The highest BCUT2D eigenvalue weighted by atomic mass is 32.2. The van der Waals surface area contributed by atoms with Gasteiger partial charge in [0.05, 0.1) is 10.4 Å². The van der Waals surface area contributed by atoms with Crippen molar-refractivity contribution in [2.75, 3.05) is 17.6 Å². The molecule has 34 heavy (non-hydrogen) atoms. The minimum Gasteiger partial charge on any atom is -0.383 e. The number of sulfonamides is 1. The first kappa shape index (κ1) is 23.9. The molecule has 0 saturated heterocycles. The van der Waals surface area contributed by atoms with E-state index in [-0.39, 0.29) is 5.54 Å². The molecule has 0 atom stereocenters. The van der Waals surface area contributed by atoms with Crippen molar-refractivity contribution in [1.82, 2.24) is 14.7 Å². The summed E-state index contributed by atoms with van der Waals surface area (Å²) in [7, 11) is -3.56. The van der Waals surface area contributed by atoms with Crippen molar-refractivity contribution in [3.63, 3.8) is 0 Å². The smallest absolute Gasteiger partial charge is 0.241 e. The summed E-state index contributed by atoms with van der Waals surface area (Å²) < 4.78 is 28.4. The SMILES string of the molecule is CC(C)(CCCCCNS(=O)(=O)c1cccc2ccccc12)Nc1nc(N)c2ccccc2n1. The van der Waals surface area contributed by atoms with Crippen LogP contribution in [0.25, 0.3) is 21.7 Å². The van der Waals surface area contributed by atoms with E-state index in [0.29, 0.717) is 23.2 Å². The first-order valence-electron chi connectivity index (χ1n) is 11.5. The van der Waals surface area contributed by atoms with Crippen LogP contribution in [0.5, 0.6) is 0 Å². The van der Waals surface area contributed by atoms with Gasteiger partial charge in [-0.1, -0.05) is 61.4 Å². The molecule has 0 aliphatic rings. The van der Waals surface area contributed by atoms with Crippen LogP contribution in [0.3, 0.4) is 0 Å². The van der Waals surface area contributed by atoms with E-state index in [1.807, 2.05) is 54.6 Å². The molecule has 7 nitrogen and oxygen atoms in total. The third-order valence-corrected chi connectivity index (χ3v) is 7.41. The predicted octanol–water partition coefficient (Wildman–Crippen LogP) is 5.09. The number of nitrogen functional groups attached to an aromatic ring is 1. The Morgan fingerprint density at radius 3 is 2.38 bits per heavy atom. The summed E-state index contributed by atoms with van der Waals surface area (Å²) in [5.41, 5.74) is 6.68. The molecule has 4 N–H and O–H groups in total. The largest absolute Gasteiger partial charge is 0.383 e. The van der Waals surface area contributed by atoms with E-state index in [9.17, 15) is 8.42 Å². The summed E-state index contributed by atoms with van der Waals surface area (Å²) in [5, 5.41) is 5.89. The molecular weight excluding hydrogens is 446 g/mol. The second-order valence-corrected chi connectivity index (χ2v) is 10.9. The molecular formula is C26H31N5O2S. The minimum atomic E-state index is -3.56. The Labute approximate surface area is 200 Å². The van der Waals surface area contributed by atoms with Gasteiger partial charge in [-0.2, -0.15) is 4.98 Å². The average Bonchev–Trinajstić information content (AvgIpc) is 2.80. The van der Waals surface area contributed by atoms with Crippen molar-refractivity contribution in [3.8, 4) is 0 Å². The van der Waals surface area contributed by atoms with Gasteiger partial charge in [0.2, 0.25) is 16.0 Å². The number of rotatable bonds is 10. The van der Waals surface area contributed by atoms with Crippen molar-refractivity contribution in [3.05, 3.63) is 66.7 Å². The van der Waals surface area contributed by atoms with Gasteiger partial charge in [-0.3, -0.25) is 0 Å². The molecule has 0 amide bonds. The van der Waals surface area contributed by atoms with Crippen molar-refractivity contribution < 1.29 is 8.42 Å².